The van der Waals surface area contributed by atoms with Crippen molar-refractivity contribution in [3.8, 4) is 5.75 Å². The van der Waals surface area contributed by atoms with Crippen molar-refractivity contribution in [2.75, 3.05) is 25.0 Å². The Bertz CT molecular complexity index is 538. The number of carbonyl (C=O) groups excluding carboxylic acids is 1. The quantitative estimate of drug-likeness (QED) is 0.677. The summed E-state index contributed by atoms with van der Waals surface area (Å²) in [6.07, 6.45) is 4.91. The van der Waals surface area contributed by atoms with Crippen molar-refractivity contribution in [2.24, 2.45) is 0 Å². The number of likely N-dealkylation sites (N-methyl/N-ethyl adjacent to an activating group) is 1. The van der Waals surface area contributed by atoms with Crippen LogP contribution in [0.4, 0.5) is 10.5 Å². The minimum Gasteiger partial charge on any atom is -0.494 e. The first-order valence-electron chi connectivity index (χ1n) is 9.62. The molecule has 1 N–H and O–H groups in total. The maximum absolute atomic E-state index is 12.4. The maximum Gasteiger partial charge on any atom is 0.411 e. The molecule has 1 fully saturated rings. The van der Waals surface area contributed by atoms with E-state index in [0.29, 0.717) is 18.3 Å². The molecule has 1 aromatic carbocycles. The number of hydrogen-bond acceptors (Lipinski definition) is 4. The summed E-state index contributed by atoms with van der Waals surface area (Å²) in [6.45, 7) is 9.03. The second kappa shape index (κ2) is 12.0. The van der Waals surface area contributed by atoms with E-state index in [0.717, 1.165) is 44.5 Å². The second-order valence-electron chi connectivity index (χ2n) is 6.52. The molecule has 2 unspecified atom stereocenters. The lowest BCUT2D eigenvalue weighted by Crippen LogP contribution is -2.47. The van der Waals surface area contributed by atoms with Crippen LogP contribution in [0.15, 0.2) is 24.3 Å². The van der Waals surface area contributed by atoms with Gasteiger partial charge in [0.15, 0.2) is 0 Å². The van der Waals surface area contributed by atoms with E-state index < -0.39 is 0 Å². The lowest BCUT2D eigenvalue weighted by atomic mass is 9.91. The van der Waals surface area contributed by atoms with Gasteiger partial charge in [-0.3, -0.25) is 10.2 Å². The third-order valence-corrected chi connectivity index (χ3v) is 4.76. The minimum absolute atomic E-state index is 0. The zero-order valence-corrected chi connectivity index (χ0v) is 17.0. The summed E-state index contributed by atoms with van der Waals surface area (Å²) in [5, 5.41) is 2.84. The van der Waals surface area contributed by atoms with Crippen molar-refractivity contribution in [1.82, 2.24) is 4.90 Å². The van der Waals surface area contributed by atoms with Crippen LogP contribution in [0.25, 0.3) is 0 Å². The molecule has 2 rings (SSSR count). The van der Waals surface area contributed by atoms with Crippen molar-refractivity contribution >= 4 is 24.2 Å². The Labute approximate surface area is 163 Å². The van der Waals surface area contributed by atoms with Crippen LogP contribution < -0.4 is 10.1 Å². The van der Waals surface area contributed by atoms with Gasteiger partial charge < -0.3 is 9.47 Å². The van der Waals surface area contributed by atoms with E-state index in [1.165, 1.54) is 6.42 Å². The number of benzene rings is 1. The third-order valence-electron chi connectivity index (χ3n) is 4.76. The van der Waals surface area contributed by atoms with Crippen LogP contribution in [-0.4, -0.2) is 42.8 Å². The molecule has 1 saturated carbocycles. The topological polar surface area (TPSA) is 50.8 Å². The molecule has 0 bridgehead atoms. The highest BCUT2D eigenvalue weighted by molar-refractivity contribution is 5.85. The van der Waals surface area contributed by atoms with Gasteiger partial charge in [-0.25, -0.2) is 4.79 Å². The Hall–Kier alpha value is -1.46. The lowest BCUT2D eigenvalue weighted by Gasteiger charge is -2.38. The fourth-order valence-corrected chi connectivity index (χ4v) is 3.49. The maximum atomic E-state index is 12.4. The molecule has 0 aliphatic heterocycles. The molecule has 0 spiro atoms. The molecule has 0 radical (unpaired) electrons. The predicted octanol–water partition coefficient (Wildman–Crippen LogP) is 5.10. The van der Waals surface area contributed by atoms with Crippen LogP contribution in [0.3, 0.4) is 0 Å². The van der Waals surface area contributed by atoms with Gasteiger partial charge >= 0.3 is 6.09 Å². The first kappa shape index (κ1) is 22.6. The van der Waals surface area contributed by atoms with Gasteiger partial charge in [-0.1, -0.05) is 33.3 Å². The number of hydrogen-bond donors (Lipinski definition) is 1. The van der Waals surface area contributed by atoms with E-state index in [1.54, 1.807) is 0 Å². The number of rotatable bonds is 8. The van der Waals surface area contributed by atoms with Crippen molar-refractivity contribution in [3.63, 3.8) is 0 Å². The first-order valence-corrected chi connectivity index (χ1v) is 9.62. The molecule has 1 amide bonds. The molecular weight excluding hydrogens is 352 g/mol. The molecule has 1 aliphatic rings. The largest absolute Gasteiger partial charge is 0.494 e. The molecule has 0 saturated heterocycles. The molecule has 1 aromatic rings. The summed E-state index contributed by atoms with van der Waals surface area (Å²) in [5.41, 5.74) is 0.703. The Kier molecular flexibility index (Phi) is 10.4. The standard InChI is InChI=1S/C20H32N2O3.ClH/c1-4-14-24-17-11-9-10-16(15-17)21-20(23)25-19-13-8-7-12-18(19)22(5-2)6-3;/h9-11,15,18-19H,4-8,12-14H2,1-3H3,(H,21,23);1H. The van der Waals surface area contributed by atoms with Gasteiger partial charge in [0.1, 0.15) is 11.9 Å². The van der Waals surface area contributed by atoms with E-state index >= 15 is 0 Å². The van der Waals surface area contributed by atoms with Crippen molar-refractivity contribution in [1.29, 1.82) is 0 Å². The lowest BCUT2D eigenvalue weighted by molar-refractivity contribution is 0.0125. The SMILES string of the molecule is CCCOc1cccc(NC(=O)OC2CCCCC2N(CC)CC)c1.Cl. The summed E-state index contributed by atoms with van der Waals surface area (Å²) in [4.78, 5) is 14.8. The van der Waals surface area contributed by atoms with Gasteiger partial charge in [0, 0.05) is 17.8 Å². The molecule has 148 valence electrons. The summed E-state index contributed by atoms with van der Waals surface area (Å²) in [5.74, 6) is 0.762. The van der Waals surface area contributed by atoms with Gasteiger partial charge in [-0.05, 0) is 50.9 Å². The zero-order chi connectivity index (χ0) is 18.1. The van der Waals surface area contributed by atoms with Gasteiger partial charge in [0.2, 0.25) is 0 Å². The summed E-state index contributed by atoms with van der Waals surface area (Å²) < 4.78 is 11.4. The molecule has 5 nitrogen and oxygen atoms in total. The molecule has 6 heteroatoms. The highest BCUT2D eigenvalue weighted by atomic mass is 35.5. The van der Waals surface area contributed by atoms with E-state index in [-0.39, 0.29) is 24.6 Å². The molecule has 0 heterocycles. The van der Waals surface area contributed by atoms with Crippen molar-refractivity contribution < 1.29 is 14.3 Å². The highest BCUT2D eigenvalue weighted by Crippen LogP contribution is 2.26. The molecular formula is C20H33ClN2O3. The molecule has 26 heavy (non-hydrogen) atoms. The van der Waals surface area contributed by atoms with E-state index in [1.807, 2.05) is 24.3 Å². The Morgan fingerprint density at radius 2 is 1.92 bits per heavy atom. The van der Waals surface area contributed by atoms with Crippen LogP contribution >= 0.6 is 12.4 Å². The number of amides is 1. The number of nitrogens with one attached hydrogen (secondary N) is 1. The van der Waals surface area contributed by atoms with E-state index in [9.17, 15) is 4.79 Å². The molecule has 1 aliphatic carbocycles. The van der Waals surface area contributed by atoms with Gasteiger partial charge in [0.25, 0.3) is 0 Å². The average molecular weight is 385 g/mol. The highest BCUT2D eigenvalue weighted by Gasteiger charge is 2.31. The van der Waals surface area contributed by atoms with E-state index in [4.69, 9.17) is 9.47 Å². The number of anilines is 1. The van der Waals surface area contributed by atoms with Crippen molar-refractivity contribution in [3.05, 3.63) is 24.3 Å². The van der Waals surface area contributed by atoms with Gasteiger partial charge in [-0.2, -0.15) is 0 Å². The summed E-state index contributed by atoms with van der Waals surface area (Å²) in [7, 11) is 0. The van der Waals surface area contributed by atoms with E-state index in [2.05, 4.69) is 31.0 Å². The number of ether oxygens (including phenoxy) is 2. The fourth-order valence-electron chi connectivity index (χ4n) is 3.49. The molecule has 2 atom stereocenters. The normalized spacial score (nSPS) is 19.5. The number of nitrogens with zero attached hydrogens (tertiary/aromatic N) is 1. The fraction of sp³-hybridized carbons (Fsp3) is 0.650. The minimum atomic E-state index is -0.378. The average Bonchev–Trinajstić information content (AvgIpc) is 2.62. The summed E-state index contributed by atoms with van der Waals surface area (Å²) >= 11 is 0. The first-order chi connectivity index (χ1) is 12.2. The van der Waals surface area contributed by atoms with Crippen LogP contribution in [0.1, 0.15) is 52.9 Å². The number of carbonyl (C=O) groups is 1. The van der Waals surface area contributed by atoms with Crippen molar-refractivity contribution in [2.45, 2.75) is 65.0 Å². The smallest absolute Gasteiger partial charge is 0.411 e. The predicted molar refractivity (Wildman–Crippen MR) is 109 cm³/mol. The third kappa shape index (κ3) is 6.69. The van der Waals surface area contributed by atoms with Crippen LogP contribution in [0.5, 0.6) is 5.75 Å². The van der Waals surface area contributed by atoms with Crippen LogP contribution in [-0.2, 0) is 4.74 Å². The van der Waals surface area contributed by atoms with Crippen LogP contribution in [0.2, 0.25) is 0 Å². The van der Waals surface area contributed by atoms with Crippen LogP contribution in [0, 0.1) is 0 Å². The van der Waals surface area contributed by atoms with Gasteiger partial charge in [-0.15, -0.1) is 12.4 Å². The number of halogens is 1. The monoisotopic (exact) mass is 384 g/mol. The molecule has 0 aromatic heterocycles. The second-order valence-corrected chi connectivity index (χ2v) is 6.52. The zero-order valence-electron chi connectivity index (χ0n) is 16.2. The Balaban J connectivity index is 0.00000338. The van der Waals surface area contributed by atoms with Gasteiger partial charge in [0.05, 0.1) is 6.61 Å². The summed E-state index contributed by atoms with van der Waals surface area (Å²) in [6, 6.07) is 7.78. The Morgan fingerprint density at radius 1 is 1.19 bits per heavy atom. The Morgan fingerprint density at radius 3 is 2.62 bits per heavy atom.